The number of carbonyl (C=O) groups is 1. The normalized spacial score (nSPS) is 13.8. The number of pyridine rings is 1. The van der Waals surface area contributed by atoms with E-state index in [0.29, 0.717) is 36.1 Å². The standard InChI is InChI=1S/C29H35N3O5/c1-4-18-36-29(33)25-6-5-13-30-28(25)32-16-14-31(15-17-32)20-22-7-10-24(11-8-22)37-21-23-9-12-26(34-2)27(19-23)35-3/h5-13,19H,4,14-18,20-21H2,1-3H3. The molecular formula is C29H35N3O5. The molecule has 8 nitrogen and oxygen atoms in total. The van der Waals surface area contributed by atoms with Crippen LogP contribution in [0.2, 0.25) is 0 Å². The summed E-state index contributed by atoms with van der Waals surface area (Å²) in [6.45, 7) is 7.09. The zero-order chi connectivity index (χ0) is 26.0. The summed E-state index contributed by atoms with van der Waals surface area (Å²) in [5.41, 5.74) is 2.77. The van der Waals surface area contributed by atoms with E-state index in [-0.39, 0.29) is 5.97 Å². The summed E-state index contributed by atoms with van der Waals surface area (Å²) in [5, 5.41) is 0. The molecule has 1 aromatic heterocycles. The molecular weight excluding hydrogens is 470 g/mol. The quantitative estimate of drug-likeness (QED) is 0.351. The van der Waals surface area contributed by atoms with Crippen LogP contribution in [-0.4, -0.2) is 62.9 Å². The van der Waals surface area contributed by atoms with Crippen molar-refractivity contribution in [2.45, 2.75) is 26.5 Å². The van der Waals surface area contributed by atoms with Gasteiger partial charge < -0.3 is 23.8 Å². The van der Waals surface area contributed by atoms with Crippen molar-refractivity contribution in [2.75, 3.05) is 51.9 Å². The number of rotatable bonds is 11. The molecule has 4 rings (SSSR count). The Balaban J connectivity index is 1.27. The van der Waals surface area contributed by atoms with Crippen LogP contribution >= 0.6 is 0 Å². The van der Waals surface area contributed by atoms with Crippen LogP contribution in [0.3, 0.4) is 0 Å². The Bertz CT molecular complexity index is 1160. The molecule has 8 heteroatoms. The second kappa shape index (κ2) is 13.0. The van der Waals surface area contributed by atoms with Crippen molar-refractivity contribution < 1.29 is 23.7 Å². The predicted molar refractivity (Wildman–Crippen MR) is 143 cm³/mol. The molecule has 3 aromatic rings. The highest BCUT2D eigenvalue weighted by Crippen LogP contribution is 2.28. The van der Waals surface area contributed by atoms with E-state index in [1.165, 1.54) is 5.56 Å². The fourth-order valence-corrected chi connectivity index (χ4v) is 4.28. The van der Waals surface area contributed by atoms with Crippen LogP contribution in [0.15, 0.2) is 60.8 Å². The number of nitrogens with zero attached hydrogens (tertiary/aromatic N) is 3. The first kappa shape index (κ1) is 26.3. The summed E-state index contributed by atoms with van der Waals surface area (Å²) in [6, 6.07) is 17.6. The van der Waals surface area contributed by atoms with Crippen molar-refractivity contribution in [3.8, 4) is 17.2 Å². The molecule has 0 unspecified atom stereocenters. The summed E-state index contributed by atoms with van der Waals surface area (Å²) in [4.78, 5) is 21.5. The average molecular weight is 506 g/mol. The second-order valence-electron chi connectivity index (χ2n) is 8.90. The highest BCUT2D eigenvalue weighted by Gasteiger charge is 2.23. The van der Waals surface area contributed by atoms with Crippen molar-refractivity contribution in [1.82, 2.24) is 9.88 Å². The smallest absolute Gasteiger partial charge is 0.341 e. The molecule has 0 spiro atoms. The Morgan fingerprint density at radius 1 is 0.919 bits per heavy atom. The van der Waals surface area contributed by atoms with E-state index in [1.54, 1.807) is 32.5 Å². The number of hydrogen-bond acceptors (Lipinski definition) is 8. The van der Waals surface area contributed by atoms with Gasteiger partial charge >= 0.3 is 5.97 Å². The third-order valence-electron chi connectivity index (χ3n) is 6.30. The van der Waals surface area contributed by atoms with Gasteiger partial charge in [-0.05, 0) is 53.9 Å². The molecule has 2 heterocycles. The summed E-state index contributed by atoms with van der Waals surface area (Å²) < 4.78 is 22.0. The minimum absolute atomic E-state index is 0.305. The van der Waals surface area contributed by atoms with Gasteiger partial charge in [0.25, 0.3) is 0 Å². The van der Waals surface area contributed by atoms with E-state index in [4.69, 9.17) is 18.9 Å². The Kier molecular flexibility index (Phi) is 9.21. The average Bonchev–Trinajstić information content (AvgIpc) is 2.95. The van der Waals surface area contributed by atoms with Gasteiger partial charge in [0.2, 0.25) is 0 Å². The number of anilines is 1. The zero-order valence-corrected chi connectivity index (χ0v) is 21.8. The van der Waals surface area contributed by atoms with Crippen molar-refractivity contribution in [1.29, 1.82) is 0 Å². The third kappa shape index (κ3) is 6.92. The van der Waals surface area contributed by atoms with Crippen LogP contribution < -0.4 is 19.1 Å². The molecule has 0 atom stereocenters. The van der Waals surface area contributed by atoms with Gasteiger partial charge in [-0.1, -0.05) is 25.1 Å². The maximum atomic E-state index is 12.5. The van der Waals surface area contributed by atoms with Crippen molar-refractivity contribution in [2.24, 2.45) is 0 Å². The molecule has 1 saturated heterocycles. The molecule has 196 valence electrons. The predicted octanol–water partition coefficient (Wildman–Crippen LogP) is 4.57. The Morgan fingerprint density at radius 2 is 1.65 bits per heavy atom. The van der Waals surface area contributed by atoms with Crippen molar-refractivity contribution in [3.63, 3.8) is 0 Å². The van der Waals surface area contributed by atoms with Crippen LogP contribution in [0.1, 0.15) is 34.8 Å². The molecule has 0 N–H and O–H groups in total. The molecule has 0 saturated carbocycles. The third-order valence-corrected chi connectivity index (χ3v) is 6.30. The maximum absolute atomic E-state index is 12.5. The van der Waals surface area contributed by atoms with Gasteiger partial charge in [-0.25, -0.2) is 9.78 Å². The summed E-state index contributed by atoms with van der Waals surface area (Å²) in [6.07, 6.45) is 2.53. The first-order chi connectivity index (χ1) is 18.1. The number of hydrogen-bond donors (Lipinski definition) is 0. The van der Waals surface area contributed by atoms with Crippen molar-refractivity contribution in [3.05, 3.63) is 77.5 Å². The number of piperazine rings is 1. The minimum Gasteiger partial charge on any atom is -0.493 e. The number of methoxy groups -OCH3 is 2. The van der Waals surface area contributed by atoms with Crippen LogP contribution in [-0.2, 0) is 17.9 Å². The van der Waals surface area contributed by atoms with Gasteiger partial charge in [-0.15, -0.1) is 0 Å². The van der Waals surface area contributed by atoms with E-state index < -0.39 is 0 Å². The van der Waals surface area contributed by atoms with E-state index in [0.717, 1.165) is 50.5 Å². The van der Waals surface area contributed by atoms with E-state index in [9.17, 15) is 4.79 Å². The summed E-state index contributed by atoms with van der Waals surface area (Å²) in [7, 11) is 3.25. The Hall–Kier alpha value is -3.78. The topological polar surface area (TPSA) is 73.4 Å². The van der Waals surface area contributed by atoms with Gasteiger partial charge in [0.05, 0.1) is 20.8 Å². The maximum Gasteiger partial charge on any atom is 0.341 e. The monoisotopic (exact) mass is 505 g/mol. The number of carbonyl (C=O) groups excluding carboxylic acids is 1. The van der Waals surface area contributed by atoms with E-state index in [1.807, 2.05) is 37.3 Å². The Labute approximate surface area is 218 Å². The fourth-order valence-electron chi connectivity index (χ4n) is 4.28. The molecule has 1 aliphatic rings. The van der Waals surface area contributed by atoms with Gasteiger partial charge in [0.1, 0.15) is 23.7 Å². The highest BCUT2D eigenvalue weighted by molar-refractivity contribution is 5.94. The van der Waals surface area contributed by atoms with Gasteiger partial charge in [-0.3, -0.25) is 4.90 Å². The lowest BCUT2D eigenvalue weighted by molar-refractivity contribution is 0.0505. The zero-order valence-electron chi connectivity index (χ0n) is 21.8. The first-order valence-electron chi connectivity index (χ1n) is 12.6. The van der Waals surface area contributed by atoms with Crippen LogP contribution in [0, 0.1) is 0 Å². The van der Waals surface area contributed by atoms with E-state index in [2.05, 4.69) is 26.9 Å². The number of esters is 1. The van der Waals surface area contributed by atoms with Crippen LogP contribution in [0.5, 0.6) is 17.2 Å². The molecule has 1 aliphatic heterocycles. The molecule has 0 amide bonds. The SMILES string of the molecule is CCCOC(=O)c1cccnc1N1CCN(Cc2ccc(OCc3ccc(OC)c(OC)c3)cc2)CC1. The largest absolute Gasteiger partial charge is 0.493 e. The lowest BCUT2D eigenvalue weighted by Gasteiger charge is -2.36. The van der Waals surface area contributed by atoms with Crippen LogP contribution in [0.25, 0.3) is 0 Å². The minimum atomic E-state index is -0.305. The van der Waals surface area contributed by atoms with Gasteiger partial charge in [0.15, 0.2) is 11.5 Å². The fraction of sp³-hybridized carbons (Fsp3) is 0.379. The number of ether oxygens (including phenoxy) is 4. The van der Waals surface area contributed by atoms with Crippen LogP contribution in [0.4, 0.5) is 5.82 Å². The second-order valence-corrected chi connectivity index (χ2v) is 8.90. The molecule has 2 aromatic carbocycles. The highest BCUT2D eigenvalue weighted by atomic mass is 16.5. The lowest BCUT2D eigenvalue weighted by atomic mass is 10.1. The molecule has 37 heavy (non-hydrogen) atoms. The lowest BCUT2D eigenvalue weighted by Crippen LogP contribution is -2.46. The first-order valence-corrected chi connectivity index (χ1v) is 12.6. The number of benzene rings is 2. The molecule has 0 bridgehead atoms. The molecule has 0 radical (unpaired) electrons. The van der Waals surface area contributed by atoms with Crippen molar-refractivity contribution >= 4 is 11.8 Å². The van der Waals surface area contributed by atoms with Gasteiger partial charge in [0, 0.05) is 38.9 Å². The van der Waals surface area contributed by atoms with Gasteiger partial charge in [-0.2, -0.15) is 0 Å². The Morgan fingerprint density at radius 3 is 2.35 bits per heavy atom. The van der Waals surface area contributed by atoms with E-state index >= 15 is 0 Å². The number of aromatic nitrogens is 1. The molecule has 1 fully saturated rings. The molecule has 0 aliphatic carbocycles. The summed E-state index contributed by atoms with van der Waals surface area (Å²) >= 11 is 0. The summed E-state index contributed by atoms with van der Waals surface area (Å²) in [5.74, 6) is 2.61.